The maximum atomic E-state index is 6.09. The summed E-state index contributed by atoms with van der Waals surface area (Å²) >= 11 is 3.58. The van der Waals surface area contributed by atoms with Crippen LogP contribution < -0.4 is 9.64 Å². The van der Waals surface area contributed by atoms with Gasteiger partial charge in [0.1, 0.15) is 11.4 Å². The van der Waals surface area contributed by atoms with E-state index in [4.69, 9.17) is 9.47 Å². The fraction of sp³-hybridized carbons (Fsp3) is 0.467. The van der Waals surface area contributed by atoms with Crippen LogP contribution in [0.3, 0.4) is 0 Å². The average molecular weight is 324 g/mol. The maximum Gasteiger partial charge on any atom is 0.135 e. The molecule has 0 bridgehead atoms. The van der Waals surface area contributed by atoms with Crippen molar-refractivity contribution >= 4 is 27.7 Å². The molecule has 3 nitrogen and oxygen atoms in total. The van der Waals surface area contributed by atoms with E-state index in [-0.39, 0.29) is 5.60 Å². The van der Waals surface area contributed by atoms with Crippen molar-refractivity contribution in [2.24, 2.45) is 0 Å². The Labute approximate surface area is 122 Å². The molecule has 0 atom stereocenters. The molecule has 1 fully saturated rings. The van der Waals surface area contributed by atoms with Crippen molar-refractivity contribution in [3.8, 4) is 5.75 Å². The maximum absolute atomic E-state index is 6.09. The first-order chi connectivity index (χ1) is 9.06. The zero-order valence-corrected chi connectivity index (χ0v) is 12.9. The second-order valence-corrected chi connectivity index (χ2v) is 6.28. The van der Waals surface area contributed by atoms with Gasteiger partial charge in [-0.1, -0.05) is 15.9 Å². The molecule has 0 saturated carbocycles. The lowest BCUT2D eigenvalue weighted by Gasteiger charge is -2.33. The van der Waals surface area contributed by atoms with Crippen LogP contribution in [0.15, 0.2) is 22.7 Å². The first-order valence-electron chi connectivity index (χ1n) is 6.60. The van der Waals surface area contributed by atoms with Gasteiger partial charge >= 0.3 is 0 Å². The molecule has 0 amide bonds. The number of halogens is 1. The minimum Gasteiger partial charge on any atom is -0.482 e. The van der Waals surface area contributed by atoms with Crippen molar-refractivity contribution in [1.82, 2.24) is 0 Å². The molecule has 102 valence electrons. The van der Waals surface area contributed by atoms with Crippen LogP contribution in [0.2, 0.25) is 0 Å². The zero-order chi connectivity index (χ0) is 13.5. The Hall–Kier alpha value is -1.00. The largest absolute Gasteiger partial charge is 0.482 e. The molecule has 2 heterocycles. The quantitative estimate of drug-likeness (QED) is 0.790. The highest BCUT2D eigenvalue weighted by Gasteiger charge is 2.29. The van der Waals surface area contributed by atoms with Gasteiger partial charge in [-0.15, -0.1) is 0 Å². The molecule has 0 N–H and O–H groups in total. The predicted molar refractivity (Wildman–Crippen MR) is 81.1 cm³/mol. The highest BCUT2D eigenvalue weighted by Crippen LogP contribution is 2.39. The molecule has 3 rings (SSSR count). The zero-order valence-electron chi connectivity index (χ0n) is 11.3. The van der Waals surface area contributed by atoms with Gasteiger partial charge in [-0.05, 0) is 32.1 Å². The lowest BCUT2D eigenvalue weighted by atomic mass is 10.0. The van der Waals surface area contributed by atoms with Crippen LogP contribution in [-0.4, -0.2) is 31.9 Å². The second-order valence-electron chi connectivity index (χ2n) is 5.43. The third kappa shape index (κ3) is 2.51. The van der Waals surface area contributed by atoms with Crippen molar-refractivity contribution in [3.63, 3.8) is 0 Å². The van der Waals surface area contributed by atoms with Crippen LogP contribution in [-0.2, 0) is 4.74 Å². The molecular formula is C15H18BrNO2. The standard InChI is InChI=1S/C15H18BrNO2/c1-15(2)14(16)9-11-3-4-12(10-13(11)19-15)17-5-7-18-8-6-17/h3-4,9-10H,5-8H2,1-2H3. The predicted octanol–water partition coefficient (Wildman–Crippen LogP) is 3.43. The fourth-order valence-electron chi connectivity index (χ4n) is 2.38. The number of ether oxygens (including phenoxy) is 2. The van der Waals surface area contributed by atoms with Crippen LogP contribution in [0.4, 0.5) is 5.69 Å². The van der Waals surface area contributed by atoms with Crippen molar-refractivity contribution in [1.29, 1.82) is 0 Å². The van der Waals surface area contributed by atoms with Gasteiger partial charge in [-0.2, -0.15) is 0 Å². The summed E-state index contributed by atoms with van der Waals surface area (Å²) in [5.41, 5.74) is 2.05. The Morgan fingerprint density at radius 3 is 2.68 bits per heavy atom. The Bertz CT molecular complexity index is 519. The van der Waals surface area contributed by atoms with Crippen molar-refractivity contribution in [3.05, 3.63) is 28.2 Å². The summed E-state index contributed by atoms with van der Waals surface area (Å²) in [7, 11) is 0. The molecule has 0 aromatic heterocycles. The number of nitrogens with zero attached hydrogens (tertiary/aromatic N) is 1. The van der Waals surface area contributed by atoms with Crippen molar-refractivity contribution < 1.29 is 9.47 Å². The summed E-state index contributed by atoms with van der Waals surface area (Å²) in [4.78, 5) is 2.34. The minimum atomic E-state index is -0.295. The van der Waals surface area contributed by atoms with Crippen molar-refractivity contribution in [2.75, 3.05) is 31.2 Å². The molecule has 19 heavy (non-hydrogen) atoms. The molecule has 1 aromatic carbocycles. The summed E-state index contributed by atoms with van der Waals surface area (Å²) in [5.74, 6) is 0.956. The molecule has 2 aliphatic heterocycles. The summed E-state index contributed by atoms with van der Waals surface area (Å²) < 4.78 is 12.6. The Morgan fingerprint density at radius 1 is 1.21 bits per heavy atom. The van der Waals surface area contributed by atoms with E-state index in [0.29, 0.717) is 0 Å². The van der Waals surface area contributed by atoms with E-state index in [1.165, 1.54) is 5.69 Å². The van der Waals surface area contributed by atoms with Gasteiger partial charge in [-0.3, -0.25) is 0 Å². The lowest BCUT2D eigenvalue weighted by Crippen LogP contribution is -2.36. The van der Waals surface area contributed by atoms with Gasteiger partial charge in [0, 0.05) is 34.9 Å². The smallest absolute Gasteiger partial charge is 0.135 e. The molecular weight excluding hydrogens is 306 g/mol. The number of fused-ring (bicyclic) bond motifs is 1. The summed E-state index contributed by atoms with van der Waals surface area (Å²) in [6, 6.07) is 6.41. The highest BCUT2D eigenvalue weighted by molar-refractivity contribution is 9.11. The molecule has 1 saturated heterocycles. The third-order valence-corrected chi connectivity index (χ3v) is 4.78. The molecule has 4 heteroatoms. The number of anilines is 1. The fourth-order valence-corrected chi connectivity index (χ4v) is 2.71. The molecule has 0 radical (unpaired) electrons. The van der Waals surface area contributed by atoms with Crippen LogP contribution in [0.25, 0.3) is 6.08 Å². The van der Waals surface area contributed by atoms with E-state index in [2.05, 4.69) is 59.0 Å². The molecule has 0 aliphatic carbocycles. The van der Waals surface area contributed by atoms with E-state index in [1.54, 1.807) is 0 Å². The number of rotatable bonds is 1. The van der Waals surface area contributed by atoms with Gasteiger partial charge in [0.25, 0.3) is 0 Å². The SMILES string of the molecule is CC1(C)Oc2cc(N3CCOCC3)ccc2C=C1Br. The summed E-state index contributed by atoms with van der Waals surface area (Å²) in [5, 5.41) is 0. The van der Waals surface area contributed by atoms with Crippen LogP contribution in [0.1, 0.15) is 19.4 Å². The van der Waals surface area contributed by atoms with Gasteiger partial charge in [0.05, 0.1) is 13.2 Å². The molecule has 0 spiro atoms. The molecule has 0 unspecified atom stereocenters. The Kier molecular flexibility index (Phi) is 3.31. The monoisotopic (exact) mass is 323 g/mol. The lowest BCUT2D eigenvalue weighted by molar-refractivity contribution is 0.122. The normalized spacial score (nSPS) is 21.4. The van der Waals surface area contributed by atoms with Crippen molar-refractivity contribution in [2.45, 2.75) is 19.4 Å². The van der Waals surface area contributed by atoms with E-state index < -0.39 is 0 Å². The van der Waals surface area contributed by atoms with Gasteiger partial charge < -0.3 is 14.4 Å². The van der Waals surface area contributed by atoms with E-state index in [1.807, 2.05) is 0 Å². The first kappa shape index (κ1) is 13.0. The first-order valence-corrected chi connectivity index (χ1v) is 7.39. The topological polar surface area (TPSA) is 21.7 Å². The van der Waals surface area contributed by atoms with Gasteiger partial charge in [0.2, 0.25) is 0 Å². The van der Waals surface area contributed by atoms with Crippen LogP contribution in [0, 0.1) is 0 Å². The van der Waals surface area contributed by atoms with Crippen LogP contribution in [0.5, 0.6) is 5.75 Å². The Balaban J connectivity index is 1.92. The van der Waals surface area contributed by atoms with Crippen LogP contribution >= 0.6 is 15.9 Å². The molecule has 2 aliphatic rings. The summed E-state index contributed by atoms with van der Waals surface area (Å²) in [6.45, 7) is 7.63. The number of benzene rings is 1. The summed E-state index contributed by atoms with van der Waals surface area (Å²) in [6.07, 6.45) is 2.14. The van der Waals surface area contributed by atoms with E-state index in [9.17, 15) is 0 Å². The number of hydrogen-bond donors (Lipinski definition) is 0. The van der Waals surface area contributed by atoms with Gasteiger partial charge in [0.15, 0.2) is 0 Å². The average Bonchev–Trinajstić information content (AvgIpc) is 2.40. The Morgan fingerprint density at radius 2 is 1.95 bits per heavy atom. The van der Waals surface area contributed by atoms with E-state index >= 15 is 0 Å². The van der Waals surface area contributed by atoms with E-state index in [0.717, 1.165) is 42.1 Å². The number of morpholine rings is 1. The highest BCUT2D eigenvalue weighted by atomic mass is 79.9. The second kappa shape index (κ2) is 4.84. The minimum absolute atomic E-state index is 0.295. The third-order valence-electron chi connectivity index (χ3n) is 3.60. The molecule has 1 aromatic rings. The number of hydrogen-bond acceptors (Lipinski definition) is 3. The van der Waals surface area contributed by atoms with Gasteiger partial charge in [-0.25, -0.2) is 0 Å².